The van der Waals surface area contributed by atoms with Gasteiger partial charge in [0.1, 0.15) is 23.4 Å². The number of urea groups is 1. The van der Waals surface area contributed by atoms with Gasteiger partial charge in [-0.05, 0) is 36.2 Å². The molecule has 0 bridgehead atoms. The fourth-order valence-electron chi connectivity index (χ4n) is 4.58. The smallest absolute Gasteiger partial charge is 0.322 e. The van der Waals surface area contributed by atoms with Gasteiger partial charge in [-0.3, -0.25) is 0 Å². The number of ether oxygens (including phenoxy) is 2. The van der Waals surface area contributed by atoms with Gasteiger partial charge in [-0.2, -0.15) is 0 Å². The number of carbonyl (C=O) groups is 1. The zero-order valence-electron chi connectivity index (χ0n) is 18.4. The minimum Gasteiger partial charge on any atom is -0.497 e. The Kier molecular flexibility index (Phi) is 5.38. The Morgan fingerprint density at radius 2 is 1.85 bits per heavy atom. The number of aromatic nitrogens is 1. The molecule has 3 aromatic carbocycles. The zero-order chi connectivity index (χ0) is 22.9. The third-order valence-corrected chi connectivity index (χ3v) is 6.14. The van der Waals surface area contributed by atoms with Crippen LogP contribution in [0.3, 0.4) is 0 Å². The lowest BCUT2D eigenvalue weighted by Crippen LogP contribution is -2.43. The highest BCUT2D eigenvalue weighted by Gasteiger charge is 2.36. The lowest BCUT2D eigenvalue weighted by atomic mass is 9.92. The predicted octanol–water partition coefficient (Wildman–Crippen LogP) is 5.50. The highest BCUT2D eigenvalue weighted by atomic mass is 19.1. The van der Waals surface area contributed by atoms with E-state index in [1.807, 2.05) is 18.2 Å². The van der Waals surface area contributed by atoms with Crippen molar-refractivity contribution in [3.63, 3.8) is 0 Å². The number of methoxy groups -OCH3 is 2. The first-order valence-electron chi connectivity index (χ1n) is 10.7. The zero-order valence-corrected chi connectivity index (χ0v) is 18.4. The van der Waals surface area contributed by atoms with Crippen molar-refractivity contribution >= 4 is 22.6 Å². The van der Waals surface area contributed by atoms with Crippen LogP contribution >= 0.6 is 0 Å². The Morgan fingerprint density at radius 1 is 1.06 bits per heavy atom. The van der Waals surface area contributed by atoms with Crippen LogP contribution in [0.25, 0.3) is 10.9 Å². The Morgan fingerprint density at radius 3 is 2.64 bits per heavy atom. The van der Waals surface area contributed by atoms with E-state index in [0.29, 0.717) is 35.7 Å². The van der Waals surface area contributed by atoms with Gasteiger partial charge in [0.05, 0.1) is 19.9 Å². The molecule has 0 saturated carbocycles. The minimum atomic E-state index is -0.598. The summed E-state index contributed by atoms with van der Waals surface area (Å²) in [7, 11) is 3.10. The van der Waals surface area contributed by atoms with Crippen LogP contribution in [-0.4, -0.2) is 36.7 Å². The summed E-state index contributed by atoms with van der Waals surface area (Å²) in [5.74, 6) is 0.744. The van der Waals surface area contributed by atoms with Crippen LogP contribution in [0.1, 0.15) is 22.9 Å². The van der Waals surface area contributed by atoms with E-state index < -0.39 is 6.04 Å². The summed E-state index contributed by atoms with van der Waals surface area (Å²) in [4.78, 5) is 18.6. The fourth-order valence-corrected chi connectivity index (χ4v) is 4.58. The molecule has 0 fully saturated rings. The minimum absolute atomic E-state index is 0.348. The van der Waals surface area contributed by atoms with E-state index in [-0.39, 0.29) is 11.8 Å². The molecule has 1 aromatic heterocycles. The number of amides is 2. The van der Waals surface area contributed by atoms with E-state index in [4.69, 9.17) is 9.47 Å². The van der Waals surface area contributed by atoms with E-state index in [0.717, 1.165) is 22.2 Å². The van der Waals surface area contributed by atoms with Crippen LogP contribution in [0.15, 0.2) is 66.7 Å². The number of hydrogen-bond donors (Lipinski definition) is 2. The molecular weight excluding hydrogens is 421 g/mol. The summed E-state index contributed by atoms with van der Waals surface area (Å²) in [6, 6.07) is 18.8. The molecule has 7 heteroatoms. The largest absolute Gasteiger partial charge is 0.497 e. The molecule has 2 heterocycles. The number of rotatable bonds is 4. The molecule has 2 N–H and O–H groups in total. The lowest BCUT2D eigenvalue weighted by Gasteiger charge is -2.36. The van der Waals surface area contributed by atoms with Gasteiger partial charge < -0.3 is 24.7 Å². The molecular formula is C26H24FN3O3. The van der Waals surface area contributed by atoms with Crippen molar-refractivity contribution in [1.82, 2.24) is 9.88 Å². The van der Waals surface area contributed by atoms with Crippen molar-refractivity contribution in [3.05, 3.63) is 89.4 Å². The number of nitrogens with zero attached hydrogens (tertiary/aromatic N) is 1. The highest BCUT2D eigenvalue weighted by Crippen LogP contribution is 2.40. The van der Waals surface area contributed by atoms with Gasteiger partial charge in [-0.15, -0.1) is 0 Å². The molecule has 6 nitrogen and oxygen atoms in total. The number of anilines is 1. The summed E-state index contributed by atoms with van der Waals surface area (Å²) in [5.41, 5.74) is 3.84. The quantitative estimate of drug-likeness (QED) is 0.436. The molecule has 4 aromatic rings. The fraction of sp³-hybridized carbons (Fsp3) is 0.192. The number of halogens is 1. The Bertz CT molecular complexity index is 1330. The van der Waals surface area contributed by atoms with Crippen LogP contribution in [0.4, 0.5) is 14.9 Å². The summed E-state index contributed by atoms with van der Waals surface area (Å²) < 4.78 is 25.7. The molecule has 0 unspecified atom stereocenters. The second-order valence-corrected chi connectivity index (χ2v) is 7.93. The van der Waals surface area contributed by atoms with Crippen molar-refractivity contribution in [2.45, 2.75) is 12.5 Å². The molecule has 1 aliphatic heterocycles. The number of hydrogen-bond acceptors (Lipinski definition) is 3. The van der Waals surface area contributed by atoms with Crippen molar-refractivity contribution in [1.29, 1.82) is 0 Å². The second kappa shape index (κ2) is 8.50. The van der Waals surface area contributed by atoms with Crippen molar-refractivity contribution in [3.8, 4) is 11.5 Å². The summed E-state index contributed by atoms with van der Waals surface area (Å²) in [5, 5.41) is 4.04. The van der Waals surface area contributed by atoms with E-state index >= 15 is 0 Å². The Hall–Kier alpha value is -4.00. The summed E-state index contributed by atoms with van der Waals surface area (Å²) in [6.07, 6.45) is 0.660. The number of para-hydroxylation sites is 1. The van der Waals surface area contributed by atoms with Crippen LogP contribution in [-0.2, 0) is 6.42 Å². The number of benzene rings is 3. The first-order valence-corrected chi connectivity index (χ1v) is 10.7. The van der Waals surface area contributed by atoms with Gasteiger partial charge in [-0.25, -0.2) is 9.18 Å². The van der Waals surface area contributed by atoms with Gasteiger partial charge in [0.15, 0.2) is 0 Å². The maximum Gasteiger partial charge on any atom is 0.322 e. The van der Waals surface area contributed by atoms with E-state index in [1.165, 1.54) is 13.2 Å². The summed E-state index contributed by atoms with van der Waals surface area (Å²) in [6.45, 7) is 0.436. The van der Waals surface area contributed by atoms with Gasteiger partial charge in [-0.1, -0.05) is 36.4 Å². The van der Waals surface area contributed by atoms with Crippen LogP contribution < -0.4 is 14.8 Å². The Labute approximate surface area is 190 Å². The molecule has 2 amide bonds. The number of aromatic amines is 1. The Balaban J connectivity index is 1.58. The molecule has 1 atom stereocenters. The van der Waals surface area contributed by atoms with E-state index in [2.05, 4.69) is 16.4 Å². The molecule has 0 aliphatic carbocycles. The van der Waals surface area contributed by atoms with E-state index in [9.17, 15) is 9.18 Å². The van der Waals surface area contributed by atoms with Crippen molar-refractivity contribution in [2.75, 3.05) is 26.1 Å². The van der Waals surface area contributed by atoms with Crippen LogP contribution in [0.5, 0.6) is 11.5 Å². The molecule has 5 rings (SSSR count). The van der Waals surface area contributed by atoms with Gasteiger partial charge in [0, 0.05) is 34.8 Å². The molecule has 0 radical (unpaired) electrons. The monoisotopic (exact) mass is 445 g/mol. The van der Waals surface area contributed by atoms with Crippen molar-refractivity contribution < 1.29 is 18.7 Å². The van der Waals surface area contributed by atoms with Gasteiger partial charge in [0.2, 0.25) is 0 Å². The van der Waals surface area contributed by atoms with Crippen LogP contribution in [0, 0.1) is 5.82 Å². The molecule has 0 spiro atoms. The third kappa shape index (κ3) is 3.65. The first kappa shape index (κ1) is 20.9. The van der Waals surface area contributed by atoms with Crippen molar-refractivity contribution in [2.24, 2.45) is 0 Å². The first-order chi connectivity index (χ1) is 16.1. The maximum absolute atomic E-state index is 15.0. The second-order valence-electron chi connectivity index (χ2n) is 7.93. The molecule has 168 valence electrons. The highest BCUT2D eigenvalue weighted by molar-refractivity contribution is 5.93. The van der Waals surface area contributed by atoms with Gasteiger partial charge >= 0.3 is 6.03 Å². The lowest BCUT2D eigenvalue weighted by molar-refractivity contribution is 0.191. The normalized spacial score (nSPS) is 15.2. The molecule has 33 heavy (non-hydrogen) atoms. The average Bonchev–Trinajstić information content (AvgIpc) is 3.22. The molecule has 1 aliphatic rings. The maximum atomic E-state index is 15.0. The SMILES string of the molecule is COc1ccc(OC)c(NC(=O)N2CCc3c([nH]c4ccccc34)[C@H]2c2ccccc2F)c1. The topological polar surface area (TPSA) is 66.6 Å². The average molecular weight is 445 g/mol. The van der Waals surface area contributed by atoms with Gasteiger partial charge in [0.25, 0.3) is 0 Å². The number of H-pyrrole nitrogens is 1. The summed E-state index contributed by atoms with van der Waals surface area (Å²) >= 11 is 0. The van der Waals surface area contributed by atoms with E-state index in [1.54, 1.807) is 48.4 Å². The molecule has 0 saturated heterocycles. The van der Waals surface area contributed by atoms with Crippen LogP contribution in [0.2, 0.25) is 0 Å². The predicted molar refractivity (Wildman–Crippen MR) is 126 cm³/mol. The third-order valence-electron chi connectivity index (χ3n) is 6.14. The number of fused-ring (bicyclic) bond motifs is 3. The number of nitrogens with one attached hydrogen (secondary N) is 2. The standard InChI is InChI=1S/C26H24FN3O3/c1-32-16-11-12-23(33-2)22(15-16)29-26(31)30-14-13-18-17-7-4-6-10-21(17)28-24(18)25(30)19-8-3-5-9-20(19)27/h3-12,15,25,28H,13-14H2,1-2H3,(H,29,31)/t25-/m1/s1. The number of carbonyl (C=O) groups excluding carboxylic acids is 1.